The van der Waals surface area contributed by atoms with Crippen molar-refractivity contribution in [2.45, 2.75) is 38.6 Å². The topological polar surface area (TPSA) is 26.0 Å². The van der Waals surface area contributed by atoms with Gasteiger partial charge < -0.3 is 5.73 Å². The van der Waals surface area contributed by atoms with Crippen LogP contribution in [0.3, 0.4) is 0 Å². The third-order valence-corrected chi connectivity index (χ3v) is 3.03. The molecule has 0 aliphatic heterocycles. The quantitative estimate of drug-likeness (QED) is 0.751. The Morgan fingerprint density at radius 1 is 1.46 bits per heavy atom. The van der Waals surface area contributed by atoms with Crippen LogP contribution in [-0.2, 0) is 0 Å². The second-order valence-corrected chi connectivity index (χ2v) is 4.10. The molecule has 0 aliphatic carbocycles. The lowest BCUT2D eigenvalue weighted by Crippen LogP contribution is -2.07. The van der Waals surface area contributed by atoms with Crippen molar-refractivity contribution in [3.8, 4) is 0 Å². The van der Waals surface area contributed by atoms with Gasteiger partial charge >= 0.3 is 0 Å². The van der Waals surface area contributed by atoms with Gasteiger partial charge in [0.15, 0.2) is 0 Å². The van der Waals surface area contributed by atoms with Gasteiger partial charge in [-0.05, 0) is 17.9 Å². The lowest BCUT2D eigenvalue weighted by Gasteiger charge is -2.07. The summed E-state index contributed by atoms with van der Waals surface area (Å²) in [7, 11) is 0. The monoisotopic (exact) mass is 219 g/mol. The van der Waals surface area contributed by atoms with Crippen LogP contribution in [0.2, 0.25) is 0 Å². The van der Waals surface area contributed by atoms with E-state index in [4.69, 9.17) is 5.73 Å². The van der Waals surface area contributed by atoms with Gasteiger partial charge in [0.05, 0.1) is 0 Å². The number of rotatable bonds is 5. The Balaban J connectivity index is 0.00000144. The zero-order valence-electron chi connectivity index (χ0n) is 8.03. The summed E-state index contributed by atoms with van der Waals surface area (Å²) < 4.78 is 0. The summed E-state index contributed by atoms with van der Waals surface area (Å²) in [6.07, 6.45) is 4.97. The maximum Gasteiger partial charge on any atom is 0.0389 e. The van der Waals surface area contributed by atoms with E-state index < -0.39 is 0 Å². The van der Waals surface area contributed by atoms with E-state index in [1.54, 1.807) is 11.3 Å². The van der Waals surface area contributed by atoms with E-state index >= 15 is 0 Å². The lowest BCUT2D eigenvalue weighted by atomic mass is 10.1. The summed E-state index contributed by atoms with van der Waals surface area (Å²) in [5, 5.41) is 2.09. The van der Waals surface area contributed by atoms with Gasteiger partial charge in [-0.25, -0.2) is 0 Å². The Morgan fingerprint density at radius 2 is 2.23 bits per heavy atom. The fourth-order valence-corrected chi connectivity index (χ4v) is 2.02. The summed E-state index contributed by atoms with van der Waals surface area (Å²) in [4.78, 5) is 1.33. The molecule has 1 rings (SSSR count). The molecule has 1 atom stereocenters. The average Bonchev–Trinajstić information content (AvgIpc) is 2.56. The lowest BCUT2D eigenvalue weighted by molar-refractivity contribution is 0.587. The van der Waals surface area contributed by atoms with E-state index in [-0.39, 0.29) is 18.4 Å². The van der Waals surface area contributed by atoms with Gasteiger partial charge in [0.25, 0.3) is 0 Å². The van der Waals surface area contributed by atoms with Crippen molar-refractivity contribution in [3.05, 3.63) is 22.4 Å². The first-order valence-corrected chi connectivity index (χ1v) is 5.51. The normalized spacial score (nSPS) is 12.2. The largest absolute Gasteiger partial charge is 0.323 e. The van der Waals surface area contributed by atoms with Crippen LogP contribution < -0.4 is 5.73 Å². The van der Waals surface area contributed by atoms with Crippen molar-refractivity contribution in [2.24, 2.45) is 5.73 Å². The van der Waals surface area contributed by atoms with E-state index in [1.807, 2.05) is 0 Å². The Bertz CT molecular complexity index is 199. The highest BCUT2D eigenvalue weighted by Gasteiger charge is 2.05. The molecular weight excluding hydrogens is 202 g/mol. The van der Waals surface area contributed by atoms with Crippen LogP contribution in [-0.4, -0.2) is 0 Å². The first kappa shape index (κ1) is 12.9. The zero-order valence-corrected chi connectivity index (χ0v) is 9.66. The molecule has 0 amide bonds. The SMILES string of the molecule is CCCCCC(N)c1cccs1.Cl. The maximum atomic E-state index is 5.99. The molecule has 0 saturated heterocycles. The van der Waals surface area contributed by atoms with E-state index in [2.05, 4.69) is 24.4 Å². The number of nitrogens with two attached hydrogens (primary N) is 1. The van der Waals surface area contributed by atoms with Crippen LogP contribution in [0, 0.1) is 0 Å². The molecule has 0 radical (unpaired) electrons. The minimum Gasteiger partial charge on any atom is -0.323 e. The van der Waals surface area contributed by atoms with Crippen molar-refractivity contribution in [1.82, 2.24) is 0 Å². The number of unbranched alkanes of at least 4 members (excludes halogenated alkanes) is 2. The van der Waals surface area contributed by atoms with Gasteiger partial charge in [0.1, 0.15) is 0 Å². The second kappa shape index (κ2) is 7.36. The highest BCUT2D eigenvalue weighted by atomic mass is 35.5. The van der Waals surface area contributed by atoms with Crippen LogP contribution in [0.15, 0.2) is 17.5 Å². The molecule has 0 aromatic carbocycles. The summed E-state index contributed by atoms with van der Waals surface area (Å²) in [6.45, 7) is 2.22. The highest BCUT2D eigenvalue weighted by Crippen LogP contribution is 2.21. The van der Waals surface area contributed by atoms with Gasteiger partial charge in [-0.1, -0.05) is 32.3 Å². The van der Waals surface area contributed by atoms with Gasteiger partial charge in [0, 0.05) is 10.9 Å². The number of halogens is 1. The van der Waals surface area contributed by atoms with Crippen molar-refractivity contribution < 1.29 is 0 Å². The summed E-state index contributed by atoms with van der Waals surface area (Å²) in [5.41, 5.74) is 5.99. The van der Waals surface area contributed by atoms with Crippen molar-refractivity contribution in [2.75, 3.05) is 0 Å². The minimum atomic E-state index is 0. The Kier molecular flexibility index (Phi) is 7.33. The molecule has 76 valence electrons. The molecule has 1 unspecified atom stereocenters. The first-order valence-electron chi connectivity index (χ1n) is 4.63. The third-order valence-electron chi connectivity index (χ3n) is 2.03. The van der Waals surface area contributed by atoms with Gasteiger partial charge in [0.2, 0.25) is 0 Å². The average molecular weight is 220 g/mol. The van der Waals surface area contributed by atoms with E-state index in [0.717, 1.165) is 6.42 Å². The number of thiophene rings is 1. The number of hydrogen-bond acceptors (Lipinski definition) is 2. The molecule has 2 N–H and O–H groups in total. The maximum absolute atomic E-state index is 5.99. The summed E-state index contributed by atoms with van der Waals surface area (Å²) >= 11 is 1.76. The molecule has 0 saturated carbocycles. The standard InChI is InChI=1S/C10H17NS.ClH/c1-2-3-4-6-9(11)10-7-5-8-12-10;/h5,7-9H,2-4,6,11H2,1H3;1H. The molecule has 0 spiro atoms. The van der Waals surface area contributed by atoms with Crippen LogP contribution in [0.5, 0.6) is 0 Å². The van der Waals surface area contributed by atoms with Crippen LogP contribution in [0.1, 0.15) is 43.5 Å². The van der Waals surface area contributed by atoms with E-state index in [1.165, 1.54) is 24.1 Å². The van der Waals surface area contributed by atoms with Crippen molar-refractivity contribution >= 4 is 23.7 Å². The first-order chi connectivity index (χ1) is 5.84. The molecule has 1 aromatic heterocycles. The fourth-order valence-electron chi connectivity index (χ4n) is 1.26. The molecule has 1 nitrogen and oxygen atoms in total. The smallest absolute Gasteiger partial charge is 0.0389 e. The predicted octanol–water partition coefficient (Wildman–Crippen LogP) is 3.75. The Hall–Kier alpha value is -0.0500. The summed E-state index contributed by atoms with van der Waals surface area (Å²) in [5.74, 6) is 0. The predicted molar refractivity (Wildman–Crippen MR) is 62.6 cm³/mol. The molecule has 0 bridgehead atoms. The zero-order chi connectivity index (χ0) is 8.81. The molecule has 0 aliphatic rings. The van der Waals surface area contributed by atoms with Gasteiger partial charge in [-0.3, -0.25) is 0 Å². The number of hydrogen-bond donors (Lipinski definition) is 1. The molecule has 0 fully saturated rings. The molecule has 13 heavy (non-hydrogen) atoms. The Labute approximate surface area is 90.8 Å². The summed E-state index contributed by atoms with van der Waals surface area (Å²) in [6, 6.07) is 4.47. The van der Waals surface area contributed by atoms with Gasteiger partial charge in [-0.15, -0.1) is 23.7 Å². The molecular formula is C10H18ClNS. The minimum absolute atomic E-state index is 0. The molecule has 3 heteroatoms. The molecule has 1 aromatic rings. The second-order valence-electron chi connectivity index (χ2n) is 3.12. The highest BCUT2D eigenvalue weighted by molar-refractivity contribution is 7.10. The third kappa shape index (κ3) is 4.65. The van der Waals surface area contributed by atoms with E-state index in [0.29, 0.717) is 0 Å². The van der Waals surface area contributed by atoms with Crippen molar-refractivity contribution in [3.63, 3.8) is 0 Å². The van der Waals surface area contributed by atoms with Crippen LogP contribution in [0.25, 0.3) is 0 Å². The van der Waals surface area contributed by atoms with Crippen molar-refractivity contribution in [1.29, 1.82) is 0 Å². The van der Waals surface area contributed by atoms with Crippen LogP contribution >= 0.6 is 23.7 Å². The van der Waals surface area contributed by atoms with Crippen LogP contribution in [0.4, 0.5) is 0 Å². The molecule has 1 heterocycles. The van der Waals surface area contributed by atoms with Gasteiger partial charge in [-0.2, -0.15) is 0 Å². The fraction of sp³-hybridized carbons (Fsp3) is 0.600. The van der Waals surface area contributed by atoms with E-state index in [9.17, 15) is 0 Å². The Morgan fingerprint density at radius 3 is 2.77 bits per heavy atom.